The molecule has 1 aliphatic rings. The minimum Gasteiger partial charge on any atom is -0.479 e. The largest absolute Gasteiger partial charge is 0.479 e. The van der Waals surface area contributed by atoms with Crippen molar-refractivity contribution in [3.8, 4) is 5.88 Å². The van der Waals surface area contributed by atoms with Gasteiger partial charge in [0.15, 0.2) is 6.61 Å². The summed E-state index contributed by atoms with van der Waals surface area (Å²) in [6.07, 6.45) is 2.27. The first-order chi connectivity index (χ1) is 7.27. The number of nitrogens with zero attached hydrogens (tertiary/aromatic N) is 3. The molecule has 82 valence electrons. The van der Waals surface area contributed by atoms with Gasteiger partial charge < -0.3 is 14.7 Å². The summed E-state index contributed by atoms with van der Waals surface area (Å²) in [4.78, 5) is 12.4. The van der Waals surface area contributed by atoms with Crippen molar-refractivity contribution < 1.29 is 14.6 Å². The highest BCUT2D eigenvalue weighted by Gasteiger charge is 2.20. The van der Waals surface area contributed by atoms with Crippen molar-refractivity contribution in [2.24, 2.45) is 0 Å². The highest BCUT2D eigenvalue weighted by atomic mass is 32.1. The van der Waals surface area contributed by atoms with Crippen LogP contribution in [0.5, 0.6) is 5.88 Å². The highest BCUT2D eigenvalue weighted by Crippen LogP contribution is 2.28. The molecule has 2 rings (SSSR count). The molecule has 1 N–H and O–H groups in total. The lowest BCUT2D eigenvalue weighted by atomic mass is 10.4. The molecule has 0 aliphatic carbocycles. The van der Waals surface area contributed by atoms with E-state index in [1.165, 1.54) is 0 Å². The van der Waals surface area contributed by atoms with Gasteiger partial charge in [-0.1, -0.05) is 0 Å². The van der Waals surface area contributed by atoms with Crippen LogP contribution in [-0.4, -0.2) is 39.5 Å². The third-order valence-corrected chi connectivity index (χ3v) is 2.68. The van der Waals surface area contributed by atoms with Crippen LogP contribution in [0.25, 0.3) is 0 Å². The molecule has 0 radical (unpaired) electrons. The van der Waals surface area contributed by atoms with E-state index in [9.17, 15) is 4.79 Å². The minimum atomic E-state index is -1.00. The number of aliphatic carboxylic acids is 1. The van der Waals surface area contributed by atoms with E-state index in [1.807, 2.05) is 0 Å². The molecular weight excluding hydrogens is 218 g/mol. The van der Waals surface area contributed by atoms with Gasteiger partial charge in [-0.25, -0.2) is 4.79 Å². The van der Waals surface area contributed by atoms with Crippen molar-refractivity contribution in [2.75, 3.05) is 24.6 Å². The zero-order valence-electron chi connectivity index (χ0n) is 8.05. The van der Waals surface area contributed by atoms with Crippen molar-refractivity contribution in [1.82, 2.24) is 8.75 Å². The number of hydrogen-bond acceptors (Lipinski definition) is 6. The molecule has 7 heteroatoms. The van der Waals surface area contributed by atoms with E-state index in [0.29, 0.717) is 11.7 Å². The van der Waals surface area contributed by atoms with Crippen LogP contribution < -0.4 is 9.64 Å². The fourth-order valence-electron chi connectivity index (χ4n) is 1.52. The second kappa shape index (κ2) is 4.43. The fraction of sp³-hybridized carbons (Fsp3) is 0.625. The normalized spacial score (nSPS) is 15.6. The molecule has 0 spiro atoms. The van der Waals surface area contributed by atoms with E-state index in [-0.39, 0.29) is 6.61 Å². The lowest BCUT2D eigenvalue weighted by Gasteiger charge is -2.14. The molecular formula is C8H11N3O3S. The van der Waals surface area contributed by atoms with Crippen LogP contribution in [0.2, 0.25) is 0 Å². The fourth-order valence-corrected chi connectivity index (χ4v) is 2.04. The average molecular weight is 229 g/mol. The Balaban J connectivity index is 2.04. The maximum atomic E-state index is 10.3. The Morgan fingerprint density at radius 3 is 2.87 bits per heavy atom. The van der Waals surface area contributed by atoms with E-state index in [2.05, 4.69) is 13.6 Å². The third-order valence-electron chi connectivity index (χ3n) is 2.18. The van der Waals surface area contributed by atoms with E-state index < -0.39 is 5.97 Å². The number of carbonyl (C=O) groups is 1. The Morgan fingerprint density at radius 1 is 1.47 bits per heavy atom. The van der Waals surface area contributed by atoms with E-state index in [4.69, 9.17) is 9.84 Å². The molecule has 2 heterocycles. The smallest absolute Gasteiger partial charge is 0.341 e. The summed E-state index contributed by atoms with van der Waals surface area (Å²) in [7, 11) is 0. The van der Waals surface area contributed by atoms with E-state index in [0.717, 1.165) is 37.7 Å². The second-order valence-corrected chi connectivity index (χ2v) is 3.80. The molecule has 0 aromatic carbocycles. The van der Waals surface area contributed by atoms with Gasteiger partial charge in [0.2, 0.25) is 5.82 Å². The summed E-state index contributed by atoms with van der Waals surface area (Å²) in [6.45, 7) is 1.51. The van der Waals surface area contributed by atoms with Crippen LogP contribution in [0.1, 0.15) is 12.8 Å². The van der Waals surface area contributed by atoms with Crippen molar-refractivity contribution >= 4 is 23.5 Å². The van der Waals surface area contributed by atoms with Gasteiger partial charge in [0, 0.05) is 13.1 Å². The van der Waals surface area contributed by atoms with Crippen molar-refractivity contribution in [2.45, 2.75) is 12.8 Å². The number of carboxylic acids is 1. The summed E-state index contributed by atoms with van der Waals surface area (Å²) < 4.78 is 13.1. The zero-order chi connectivity index (χ0) is 10.7. The molecule has 1 aromatic heterocycles. The Bertz CT molecular complexity index is 349. The predicted molar refractivity (Wildman–Crippen MR) is 54.5 cm³/mol. The van der Waals surface area contributed by atoms with Gasteiger partial charge >= 0.3 is 5.97 Å². The van der Waals surface area contributed by atoms with Crippen LogP contribution in [0, 0.1) is 0 Å². The van der Waals surface area contributed by atoms with Crippen LogP contribution in [0.15, 0.2) is 0 Å². The minimum absolute atomic E-state index is 0.337. The molecule has 0 atom stereocenters. The van der Waals surface area contributed by atoms with Crippen molar-refractivity contribution in [3.63, 3.8) is 0 Å². The topological polar surface area (TPSA) is 75.5 Å². The molecule has 0 unspecified atom stereocenters. The Labute approximate surface area is 90.8 Å². The summed E-state index contributed by atoms with van der Waals surface area (Å²) in [5, 5.41) is 8.49. The molecule has 1 fully saturated rings. The van der Waals surface area contributed by atoms with Crippen LogP contribution in [0.4, 0.5) is 5.82 Å². The first-order valence-electron chi connectivity index (χ1n) is 4.69. The maximum absolute atomic E-state index is 10.3. The number of anilines is 1. The van der Waals surface area contributed by atoms with Crippen LogP contribution >= 0.6 is 11.7 Å². The molecule has 1 saturated heterocycles. The Kier molecular flexibility index (Phi) is 3.00. The monoisotopic (exact) mass is 229 g/mol. The summed E-state index contributed by atoms with van der Waals surface area (Å²) >= 11 is 1.05. The first kappa shape index (κ1) is 10.2. The van der Waals surface area contributed by atoms with E-state index in [1.54, 1.807) is 0 Å². The van der Waals surface area contributed by atoms with Crippen molar-refractivity contribution in [3.05, 3.63) is 0 Å². The van der Waals surface area contributed by atoms with Gasteiger partial charge in [-0.2, -0.15) is 4.37 Å². The van der Waals surface area contributed by atoms with Gasteiger partial charge in [-0.15, -0.1) is 4.37 Å². The highest BCUT2D eigenvalue weighted by molar-refractivity contribution is 6.99. The number of ether oxygens (including phenoxy) is 1. The third kappa shape index (κ3) is 2.35. The molecule has 1 aliphatic heterocycles. The van der Waals surface area contributed by atoms with Gasteiger partial charge in [0.1, 0.15) is 0 Å². The first-order valence-corrected chi connectivity index (χ1v) is 5.42. The molecule has 6 nitrogen and oxygen atoms in total. The number of aromatic nitrogens is 2. The number of carboxylic acid groups (broad SMARTS) is 1. The van der Waals surface area contributed by atoms with E-state index >= 15 is 0 Å². The van der Waals surface area contributed by atoms with Crippen LogP contribution in [-0.2, 0) is 4.79 Å². The standard InChI is InChI=1S/C8H11N3O3S/c12-6(13)5-14-8-7(9-15-10-8)11-3-1-2-4-11/h1-5H2,(H,12,13). The summed E-state index contributed by atoms with van der Waals surface area (Å²) in [5.41, 5.74) is 0. The predicted octanol–water partition coefficient (Wildman–Crippen LogP) is 0.602. The number of rotatable bonds is 4. The zero-order valence-corrected chi connectivity index (χ0v) is 8.87. The number of hydrogen-bond donors (Lipinski definition) is 1. The summed E-state index contributed by atoms with van der Waals surface area (Å²) in [5.74, 6) is 0.0124. The Hall–Kier alpha value is -1.37. The van der Waals surface area contributed by atoms with Crippen molar-refractivity contribution in [1.29, 1.82) is 0 Å². The van der Waals surface area contributed by atoms with Gasteiger partial charge in [-0.05, 0) is 12.8 Å². The molecule has 0 amide bonds. The average Bonchev–Trinajstić information content (AvgIpc) is 2.85. The maximum Gasteiger partial charge on any atom is 0.341 e. The molecule has 0 bridgehead atoms. The lowest BCUT2D eigenvalue weighted by molar-refractivity contribution is -0.139. The van der Waals surface area contributed by atoms with Gasteiger partial charge in [0.05, 0.1) is 11.7 Å². The second-order valence-electron chi connectivity index (χ2n) is 3.27. The molecule has 0 saturated carbocycles. The SMILES string of the molecule is O=C(O)COc1nsnc1N1CCCC1. The quantitative estimate of drug-likeness (QED) is 0.815. The van der Waals surface area contributed by atoms with Gasteiger partial charge in [0.25, 0.3) is 5.88 Å². The molecule has 15 heavy (non-hydrogen) atoms. The molecule has 1 aromatic rings. The Morgan fingerprint density at radius 2 is 2.20 bits per heavy atom. The van der Waals surface area contributed by atoms with Crippen LogP contribution in [0.3, 0.4) is 0 Å². The lowest BCUT2D eigenvalue weighted by Crippen LogP contribution is -2.19. The summed E-state index contributed by atoms with van der Waals surface area (Å²) in [6, 6.07) is 0. The van der Waals surface area contributed by atoms with Gasteiger partial charge in [-0.3, -0.25) is 0 Å².